The molecule has 0 spiro atoms. The average Bonchev–Trinajstić information content (AvgIpc) is 3.00. The fourth-order valence-corrected chi connectivity index (χ4v) is 4.52. The second-order valence-electron chi connectivity index (χ2n) is 4.48. The lowest BCUT2D eigenvalue weighted by atomic mass is 10.0. The van der Waals surface area contributed by atoms with E-state index in [1.165, 1.54) is 23.7 Å². The number of thiophene rings is 2. The van der Waals surface area contributed by atoms with Crippen LogP contribution in [0.15, 0.2) is 36.0 Å². The number of alkyl halides is 3. The Morgan fingerprint density at radius 3 is 2.71 bits per heavy atom. The Morgan fingerprint density at radius 1 is 1.24 bits per heavy atom. The molecule has 1 atom stereocenters. The zero-order valence-corrected chi connectivity index (χ0v) is 12.6. The van der Waals surface area contributed by atoms with Crippen molar-refractivity contribution in [2.75, 3.05) is 7.05 Å². The third-order valence-corrected chi connectivity index (χ3v) is 5.36. The van der Waals surface area contributed by atoms with Gasteiger partial charge in [-0.15, -0.1) is 22.7 Å². The molecule has 0 saturated carbocycles. The van der Waals surface area contributed by atoms with Crippen LogP contribution in [-0.4, -0.2) is 12.0 Å². The van der Waals surface area contributed by atoms with Gasteiger partial charge in [0.15, 0.2) is 0 Å². The molecule has 0 amide bonds. The summed E-state index contributed by atoms with van der Waals surface area (Å²) in [5.41, 5.74) is -0.491. The van der Waals surface area contributed by atoms with E-state index in [2.05, 4.69) is 10.3 Å². The number of nitrogens with one attached hydrogen (secondary N) is 1. The maximum atomic E-state index is 13.2. The predicted molar refractivity (Wildman–Crippen MR) is 79.8 cm³/mol. The topological polar surface area (TPSA) is 24.9 Å². The SMILES string of the molecule is CNC(c1cc2sccc2s1)c1cnccc1C(F)(F)F. The van der Waals surface area contributed by atoms with Gasteiger partial charge in [0.2, 0.25) is 0 Å². The third kappa shape index (κ3) is 2.68. The first-order valence-electron chi connectivity index (χ1n) is 6.16. The van der Waals surface area contributed by atoms with E-state index in [-0.39, 0.29) is 5.56 Å². The van der Waals surface area contributed by atoms with Crippen LogP contribution in [0.1, 0.15) is 22.0 Å². The van der Waals surface area contributed by atoms with Gasteiger partial charge in [-0.1, -0.05) is 0 Å². The molecule has 1 unspecified atom stereocenters. The van der Waals surface area contributed by atoms with Crippen molar-refractivity contribution in [3.63, 3.8) is 0 Å². The number of nitrogens with zero attached hydrogens (tertiary/aromatic N) is 1. The number of aromatic nitrogens is 1. The van der Waals surface area contributed by atoms with E-state index in [0.29, 0.717) is 0 Å². The molecule has 0 aliphatic heterocycles. The van der Waals surface area contributed by atoms with E-state index in [0.717, 1.165) is 20.3 Å². The van der Waals surface area contributed by atoms with E-state index in [9.17, 15) is 13.2 Å². The number of rotatable bonds is 3. The first-order valence-corrected chi connectivity index (χ1v) is 7.85. The van der Waals surface area contributed by atoms with E-state index in [1.54, 1.807) is 18.4 Å². The molecule has 0 aliphatic rings. The van der Waals surface area contributed by atoms with Gasteiger partial charge in [-0.3, -0.25) is 4.98 Å². The molecule has 3 aromatic rings. The highest BCUT2D eigenvalue weighted by molar-refractivity contribution is 7.27. The summed E-state index contributed by atoms with van der Waals surface area (Å²) in [4.78, 5) is 4.72. The Hall–Kier alpha value is -1.44. The van der Waals surface area contributed by atoms with Gasteiger partial charge in [-0.05, 0) is 30.6 Å². The number of pyridine rings is 1. The lowest BCUT2D eigenvalue weighted by molar-refractivity contribution is -0.138. The Balaban J connectivity index is 2.10. The number of fused-ring (bicyclic) bond motifs is 1. The first kappa shape index (κ1) is 14.5. The molecule has 0 aliphatic carbocycles. The van der Waals surface area contributed by atoms with Crippen LogP contribution in [0, 0.1) is 0 Å². The fraction of sp³-hybridized carbons (Fsp3) is 0.214. The fourth-order valence-electron chi connectivity index (χ4n) is 2.27. The van der Waals surface area contributed by atoms with Crippen LogP contribution in [0.4, 0.5) is 13.2 Å². The normalized spacial score (nSPS) is 13.7. The Labute approximate surface area is 127 Å². The van der Waals surface area contributed by atoms with Crippen LogP contribution in [-0.2, 0) is 6.18 Å². The molecule has 0 radical (unpaired) electrons. The second kappa shape index (κ2) is 5.40. The zero-order valence-electron chi connectivity index (χ0n) is 10.9. The molecule has 21 heavy (non-hydrogen) atoms. The van der Waals surface area contributed by atoms with Crippen LogP contribution in [0.3, 0.4) is 0 Å². The number of hydrogen-bond acceptors (Lipinski definition) is 4. The third-order valence-electron chi connectivity index (χ3n) is 3.20. The minimum absolute atomic E-state index is 0.154. The van der Waals surface area contributed by atoms with E-state index in [4.69, 9.17) is 0 Å². The van der Waals surface area contributed by atoms with Gasteiger partial charge in [0.05, 0.1) is 11.6 Å². The highest BCUT2D eigenvalue weighted by Crippen LogP contribution is 2.40. The second-order valence-corrected chi connectivity index (χ2v) is 6.54. The molecule has 3 heterocycles. The maximum Gasteiger partial charge on any atom is 0.416 e. The highest BCUT2D eigenvalue weighted by atomic mass is 32.1. The molecule has 0 fully saturated rings. The van der Waals surface area contributed by atoms with Gasteiger partial charge in [0.25, 0.3) is 0 Å². The van der Waals surface area contributed by atoms with Crippen LogP contribution in [0.5, 0.6) is 0 Å². The smallest absolute Gasteiger partial charge is 0.309 e. The van der Waals surface area contributed by atoms with Gasteiger partial charge in [-0.2, -0.15) is 13.2 Å². The molecule has 0 saturated heterocycles. The summed E-state index contributed by atoms with van der Waals surface area (Å²) >= 11 is 3.09. The Morgan fingerprint density at radius 2 is 2.05 bits per heavy atom. The van der Waals surface area contributed by atoms with Crippen LogP contribution in [0.2, 0.25) is 0 Å². The zero-order chi connectivity index (χ0) is 15.0. The van der Waals surface area contributed by atoms with Crippen LogP contribution in [0.25, 0.3) is 9.40 Å². The van der Waals surface area contributed by atoms with E-state index < -0.39 is 17.8 Å². The van der Waals surface area contributed by atoms with Crippen molar-refractivity contribution in [3.05, 3.63) is 52.0 Å². The summed E-state index contributed by atoms with van der Waals surface area (Å²) in [6, 6.07) is 4.43. The van der Waals surface area contributed by atoms with Crippen LogP contribution >= 0.6 is 22.7 Å². The van der Waals surface area contributed by atoms with Crippen molar-refractivity contribution >= 4 is 32.1 Å². The minimum Gasteiger partial charge on any atom is -0.309 e. The molecule has 1 N–H and O–H groups in total. The lowest BCUT2D eigenvalue weighted by Crippen LogP contribution is -2.21. The monoisotopic (exact) mass is 328 g/mol. The van der Waals surface area contributed by atoms with Gasteiger partial charge in [0.1, 0.15) is 0 Å². The average molecular weight is 328 g/mol. The molecule has 110 valence electrons. The molecule has 0 bridgehead atoms. The van der Waals surface area contributed by atoms with Gasteiger partial charge in [0, 0.05) is 32.2 Å². The van der Waals surface area contributed by atoms with Crippen molar-refractivity contribution in [1.82, 2.24) is 10.3 Å². The summed E-state index contributed by atoms with van der Waals surface area (Å²) in [5, 5.41) is 4.95. The van der Waals surface area contributed by atoms with Crippen molar-refractivity contribution in [1.29, 1.82) is 0 Å². The Kier molecular flexibility index (Phi) is 3.73. The standard InChI is InChI=1S/C14H11F3N2S2/c1-18-13(12-6-11-10(21-12)3-5-20-11)8-7-19-4-2-9(8)14(15,16)17/h2-7,13,18H,1H3. The van der Waals surface area contributed by atoms with Gasteiger partial charge >= 0.3 is 6.18 Å². The maximum absolute atomic E-state index is 13.2. The lowest BCUT2D eigenvalue weighted by Gasteiger charge is -2.19. The summed E-state index contributed by atoms with van der Waals surface area (Å²) in [5.74, 6) is 0. The molecule has 0 aromatic carbocycles. The van der Waals surface area contributed by atoms with Crippen molar-refractivity contribution in [3.8, 4) is 0 Å². The quantitative estimate of drug-likeness (QED) is 0.755. The molecule has 7 heteroatoms. The minimum atomic E-state index is -4.39. The molecular weight excluding hydrogens is 317 g/mol. The van der Waals surface area contributed by atoms with Gasteiger partial charge < -0.3 is 5.32 Å². The number of halogens is 3. The van der Waals surface area contributed by atoms with E-state index in [1.807, 2.05) is 17.5 Å². The van der Waals surface area contributed by atoms with Crippen molar-refractivity contribution in [2.45, 2.75) is 12.2 Å². The summed E-state index contributed by atoms with van der Waals surface area (Å²) in [7, 11) is 1.66. The van der Waals surface area contributed by atoms with Gasteiger partial charge in [-0.25, -0.2) is 0 Å². The summed E-state index contributed by atoms with van der Waals surface area (Å²) in [6.45, 7) is 0. The van der Waals surface area contributed by atoms with Crippen molar-refractivity contribution in [2.24, 2.45) is 0 Å². The summed E-state index contributed by atoms with van der Waals surface area (Å²) < 4.78 is 41.6. The molecule has 2 nitrogen and oxygen atoms in total. The predicted octanol–water partition coefficient (Wildman–Crippen LogP) is 4.69. The molecule has 3 rings (SSSR count). The largest absolute Gasteiger partial charge is 0.416 e. The molecule has 3 aromatic heterocycles. The number of hydrogen-bond donors (Lipinski definition) is 1. The first-order chi connectivity index (χ1) is 10.0. The Bertz CT molecular complexity index is 732. The van der Waals surface area contributed by atoms with Crippen molar-refractivity contribution < 1.29 is 13.2 Å². The van der Waals surface area contributed by atoms with Crippen LogP contribution < -0.4 is 5.32 Å². The highest BCUT2D eigenvalue weighted by Gasteiger charge is 2.35. The van der Waals surface area contributed by atoms with E-state index >= 15 is 0 Å². The molecular formula is C14H11F3N2S2. The summed E-state index contributed by atoms with van der Waals surface area (Å²) in [6.07, 6.45) is -1.92.